The molecule has 0 aromatic heterocycles. The van der Waals surface area contributed by atoms with Crippen LogP contribution in [0.2, 0.25) is 0 Å². The summed E-state index contributed by atoms with van der Waals surface area (Å²) in [5.74, 6) is 7.20. The molecule has 0 saturated heterocycles. The molecule has 0 saturated carbocycles. The summed E-state index contributed by atoms with van der Waals surface area (Å²) in [5.41, 5.74) is 0. The number of rotatable bonds is 10. The first-order valence-electron chi connectivity index (χ1n) is 13.3. The van der Waals surface area contributed by atoms with Gasteiger partial charge in [0.05, 0.1) is 0 Å². The Morgan fingerprint density at radius 1 is 0.209 bits per heavy atom. The van der Waals surface area contributed by atoms with Crippen molar-refractivity contribution in [3.63, 3.8) is 0 Å². The molecule has 0 amide bonds. The van der Waals surface area contributed by atoms with E-state index in [9.17, 15) is 0 Å². The van der Waals surface area contributed by atoms with Crippen LogP contribution in [-0.4, -0.2) is 0 Å². The molecule has 0 N–H and O–H groups in total. The molecule has 7 heteroatoms. The summed E-state index contributed by atoms with van der Waals surface area (Å²) in [6.45, 7) is 0. The molecule has 0 aliphatic rings. The van der Waals surface area contributed by atoms with Gasteiger partial charge in [-0.1, -0.05) is 31.9 Å². The highest BCUT2D eigenvalue weighted by molar-refractivity contribution is 9.10. The molecule has 5 nitrogen and oxygen atoms in total. The second-order valence-electron chi connectivity index (χ2n) is 9.30. The third kappa shape index (κ3) is 8.19. The maximum absolute atomic E-state index is 6.00. The third-order valence-electron chi connectivity index (χ3n) is 6.10. The average molecular weight is 696 g/mol. The molecule has 0 aliphatic carbocycles. The summed E-state index contributed by atoms with van der Waals surface area (Å²) in [7, 11) is 0. The van der Waals surface area contributed by atoms with E-state index in [1.165, 1.54) is 0 Å². The third-order valence-corrected chi connectivity index (χ3v) is 7.16. The van der Waals surface area contributed by atoms with Crippen LogP contribution in [0.5, 0.6) is 57.5 Å². The summed E-state index contributed by atoms with van der Waals surface area (Å²) < 4.78 is 31.7. The van der Waals surface area contributed by atoms with Gasteiger partial charge in [0.15, 0.2) is 0 Å². The topological polar surface area (TPSA) is 46.2 Å². The van der Waals surface area contributed by atoms with Gasteiger partial charge in [0.25, 0.3) is 0 Å². The van der Waals surface area contributed by atoms with Gasteiger partial charge < -0.3 is 23.7 Å². The lowest BCUT2D eigenvalue weighted by atomic mass is 10.3. The number of ether oxygens (including phenoxy) is 5. The SMILES string of the molecule is Brc1ccc(Oc2ccc(Oc3ccc(Oc4ccc(Oc5ccc(Oc6ccc(Br)cc6)cc5)cc4)cc3)cc2)cc1. The van der Waals surface area contributed by atoms with E-state index in [-0.39, 0.29) is 0 Å². The lowest BCUT2D eigenvalue weighted by molar-refractivity contribution is 0.460. The zero-order valence-electron chi connectivity index (χ0n) is 22.7. The number of halogens is 2. The van der Waals surface area contributed by atoms with E-state index in [4.69, 9.17) is 23.7 Å². The first-order valence-corrected chi connectivity index (χ1v) is 14.9. The molecule has 0 bridgehead atoms. The fourth-order valence-electron chi connectivity index (χ4n) is 3.99. The van der Waals surface area contributed by atoms with Gasteiger partial charge >= 0.3 is 0 Å². The summed E-state index contributed by atoms with van der Waals surface area (Å²) in [5, 5.41) is 0. The highest BCUT2D eigenvalue weighted by Gasteiger charge is 2.05. The minimum atomic E-state index is 0.695. The quantitative estimate of drug-likeness (QED) is 0.143. The number of hydrogen-bond donors (Lipinski definition) is 0. The van der Waals surface area contributed by atoms with Crippen LogP contribution in [0.3, 0.4) is 0 Å². The van der Waals surface area contributed by atoms with Crippen LogP contribution in [0, 0.1) is 0 Å². The predicted molar refractivity (Wildman–Crippen MR) is 174 cm³/mol. The van der Waals surface area contributed by atoms with E-state index in [2.05, 4.69) is 31.9 Å². The van der Waals surface area contributed by atoms with Crippen molar-refractivity contribution in [2.24, 2.45) is 0 Å². The second kappa shape index (κ2) is 13.5. The largest absolute Gasteiger partial charge is 0.457 e. The second-order valence-corrected chi connectivity index (χ2v) is 11.1. The fourth-order valence-corrected chi connectivity index (χ4v) is 4.52. The summed E-state index contributed by atoms with van der Waals surface area (Å²) in [4.78, 5) is 0. The molecule has 43 heavy (non-hydrogen) atoms. The van der Waals surface area contributed by atoms with Crippen LogP contribution < -0.4 is 23.7 Å². The standard InChI is InChI=1S/C36H24Br2O5/c37-25-1-5-27(6-2-25)39-29-9-13-31(14-10-29)41-33-17-21-35(22-18-33)43-36-23-19-34(20-24-36)42-32-15-11-30(12-16-32)40-28-7-3-26(38)4-8-28/h1-24H. The van der Waals surface area contributed by atoms with E-state index in [1.807, 2.05) is 146 Å². The van der Waals surface area contributed by atoms with E-state index in [1.54, 1.807) is 0 Å². The molecule has 0 fully saturated rings. The van der Waals surface area contributed by atoms with Gasteiger partial charge in [0.1, 0.15) is 57.5 Å². The fraction of sp³-hybridized carbons (Fsp3) is 0. The molecule has 0 atom stereocenters. The zero-order valence-corrected chi connectivity index (χ0v) is 25.8. The van der Waals surface area contributed by atoms with Crippen LogP contribution in [-0.2, 0) is 0 Å². The Balaban J connectivity index is 0.988. The van der Waals surface area contributed by atoms with E-state index < -0.39 is 0 Å². The van der Waals surface area contributed by atoms with Crippen molar-refractivity contribution in [1.82, 2.24) is 0 Å². The predicted octanol–water partition coefficient (Wildman–Crippen LogP) is 12.2. The summed E-state index contributed by atoms with van der Waals surface area (Å²) >= 11 is 6.85. The van der Waals surface area contributed by atoms with Crippen molar-refractivity contribution in [2.75, 3.05) is 0 Å². The molecular formula is C36H24Br2O5. The number of benzene rings is 6. The van der Waals surface area contributed by atoms with Crippen molar-refractivity contribution in [3.8, 4) is 57.5 Å². The van der Waals surface area contributed by atoms with Gasteiger partial charge in [-0.25, -0.2) is 0 Å². The van der Waals surface area contributed by atoms with Crippen molar-refractivity contribution < 1.29 is 23.7 Å². The van der Waals surface area contributed by atoms with Gasteiger partial charge in [-0.05, 0) is 146 Å². The molecule has 212 valence electrons. The Bertz CT molecular complexity index is 1620. The van der Waals surface area contributed by atoms with Crippen LogP contribution >= 0.6 is 31.9 Å². The van der Waals surface area contributed by atoms with Crippen LogP contribution in [0.1, 0.15) is 0 Å². The van der Waals surface area contributed by atoms with Crippen LogP contribution in [0.4, 0.5) is 0 Å². The van der Waals surface area contributed by atoms with Crippen molar-refractivity contribution in [2.45, 2.75) is 0 Å². The molecular weight excluding hydrogens is 672 g/mol. The Labute approximate surface area is 266 Å². The molecule has 0 heterocycles. The molecule has 0 aliphatic heterocycles. The first kappa shape index (κ1) is 28.4. The Morgan fingerprint density at radius 3 is 0.465 bits per heavy atom. The number of hydrogen-bond acceptors (Lipinski definition) is 5. The molecule has 6 rings (SSSR count). The maximum Gasteiger partial charge on any atom is 0.127 e. The highest BCUT2D eigenvalue weighted by atomic mass is 79.9. The van der Waals surface area contributed by atoms with Crippen LogP contribution in [0.25, 0.3) is 0 Å². The van der Waals surface area contributed by atoms with Gasteiger partial charge in [-0.3, -0.25) is 0 Å². The van der Waals surface area contributed by atoms with E-state index >= 15 is 0 Å². The van der Waals surface area contributed by atoms with E-state index in [0.29, 0.717) is 34.5 Å². The highest BCUT2D eigenvalue weighted by Crippen LogP contribution is 2.32. The Kier molecular flexibility index (Phi) is 8.92. The maximum atomic E-state index is 6.00. The van der Waals surface area contributed by atoms with Gasteiger partial charge in [0.2, 0.25) is 0 Å². The van der Waals surface area contributed by atoms with Gasteiger partial charge in [-0.15, -0.1) is 0 Å². The van der Waals surface area contributed by atoms with Crippen molar-refractivity contribution in [1.29, 1.82) is 0 Å². The zero-order chi connectivity index (χ0) is 29.4. The minimum absolute atomic E-state index is 0.695. The van der Waals surface area contributed by atoms with Crippen LogP contribution in [0.15, 0.2) is 155 Å². The molecule has 6 aromatic rings. The first-order chi connectivity index (χ1) is 21.0. The van der Waals surface area contributed by atoms with Crippen molar-refractivity contribution in [3.05, 3.63) is 155 Å². The smallest absolute Gasteiger partial charge is 0.127 e. The average Bonchev–Trinajstić information content (AvgIpc) is 3.03. The van der Waals surface area contributed by atoms with Gasteiger partial charge in [0, 0.05) is 8.95 Å². The molecule has 6 aromatic carbocycles. The normalized spacial score (nSPS) is 10.6. The lowest BCUT2D eigenvalue weighted by Gasteiger charge is -2.11. The van der Waals surface area contributed by atoms with E-state index in [0.717, 1.165) is 31.9 Å². The molecule has 0 spiro atoms. The summed E-state index contributed by atoms with van der Waals surface area (Å²) in [6, 6.07) is 45.3. The minimum Gasteiger partial charge on any atom is -0.457 e. The lowest BCUT2D eigenvalue weighted by Crippen LogP contribution is -1.88. The molecule has 0 radical (unpaired) electrons. The van der Waals surface area contributed by atoms with Gasteiger partial charge in [-0.2, -0.15) is 0 Å². The summed E-state index contributed by atoms with van der Waals surface area (Å²) in [6.07, 6.45) is 0. The monoisotopic (exact) mass is 694 g/mol. The Morgan fingerprint density at radius 2 is 0.326 bits per heavy atom. The molecule has 0 unspecified atom stereocenters. The Hall–Kier alpha value is -4.72. The van der Waals surface area contributed by atoms with Crippen molar-refractivity contribution >= 4 is 31.9 Å².